The average molecular weight is 585 g/mol. The van der Waals surface area contributed by atoms with Crippen molar-refractivity contribution < 1.29 is 41.1 Å². The quantitative estimate of drug-likeness (QED) is 0.528. The van der Waals surface area contributed by atoms with Crippen LogP contribution in [-0.2, 0) is 31.4 Å². The van der Waals surface area contributed by atoms with Crippen molar-refractivity contribution in [2.75, 3.05) is 18.4 Å². The first-order valence-electron chi connectivity index (χ1n) is 12.5. The number of aromatic nitrogens is 1. The van der Waals surface area contributed by atoms with Gasteiger partial charge in [-0.05, 0) is 63.8 Å². The molecule has 2 N–H and O–H groups in total. The molecule has 3 rings (SSSR count). The normalized spacial score (nSPS) is 17.4. The fourth-order valence-corrected chi connectivity index (χ4v) is 5.73. The van der Waals surface area contributed by atoms with Crippen LogP contribution >= 0.6 is 0 Å². The first-order valence-corrected chi connectivity index (χ1v) is 13.9. The summed E-state index contributed by atoms with van der Waals surface area (Å²) in [6.07, 6.45) is 1.92. The molecule has 0 aliphatic carbocycles. The second kappa shape index (κ2) is 13.2. The van der Waals surface area contributed by atoms with Crippen LogP contribution in [0.1, 0.15) is 56.6 Å². The second-order valence-electron chi connectivity index (χ2n) is 10.4. The van der Waals surface area contributed by atoms with E-state index in [1.165, 1.54) is 37.1 Å². The number of piperidine rings is 1. The van der Waals surface area contributed by atoms with E-state index in [9.17, 15) is 22.4 Å². The van der Waals surface area contributed by atoms with E-state index in [1.807, 2.05) is 6.92 Å². The molecule has 2 amide bonds. The molecular formula is C26H34F2N4O7S. The zero-order chi connectivity index (χ0) is 30.4. The minimum absolute atomic E-state index is 0.0678. The van der Waals surface area contributed by atoms with Crippen LogP contribution in [0.3, 0.4) is 0 Å². The third-order valence-corrected chi connectivity index (χ3v) is 7.72. The van der Waals surface area contributed by atoms with Gasteiger partial charge in [0.25, 0.3) is 5.91 Å². The van der Waals surface area contributed by atoms with Crippen molar-refractivity contribution in [1.82, 2.24) is 14.2 Å². The number of benzene rings is 1. The summed E-state index contributed by atoms with van der Waals surface area (Å²) in [6.45, 7) is 9.14. The van der Waals surface area contributed by atoms with Crippen molar-refractivity contribution in [3.8, 4) is 0 Å². The first-order chi connectivity index (χ1) is 18.5. The monoisotopic (exact) mass is 584 g/mol. The Morgan fingerprint density at radius 3 is 2.38 bits per heavy atom. The molecule has 1 aliphatic heterocycles. The van der Waals surface area contributed by atoms with E-state index in [0.717, 1.165) is 10.8 Å². The van der Waals surface area contributed by atoms with Crippen molar-refractivity contribution in [1.29, 1.82) is 0 Å². The maximum absolute atomic E-state index is 15.4. The average Bonchev–Trinajstić information content (AvgIpc) is 3.15. The smallest absolute Gasteiger partial charge is 0.410 e. The van der Waals surface area contributed by atoms with Crippen molar-refractivity contribution in [2.45, 2.75) is 64.0 Å². The second-order valence-corrected chi connectivity index (χ2v) is 12.1. The van der Waals surface area contributed by atoms with Crippen LogP contribution in [0.25, 0.3) is 0 Å². The van der Waals surface area contributed by atoms with Crippen molar-refractivity contribution in [3.63, 3.8) is 0 Å². The topological polar surface area (TPSA) is 144 Å². The number of carbonyl (C=O) groups is 2. The van der Waals surface area contributed by atoms with Gasteiger partial charge in [-0.25, -0.2) is 26.7 Å². The van der Waals surface area contributed by atoms with Crippen molar-refractivity contribution in [2.24, 2.45) is 13.0 Å². The summed E-state index contributed by atoms with van der Waals surface area (Å²) in [7, 11) is -3.04. The highest BCUT2D eigenvalue weighted by Gasteiger charge is 2.37. The number of nitrogens with zero attached hydrogens (tertiary/aromatic N) is 2. The molecule has 1 saturated heterocycles. The number of sulfonamides is 1. The predicted molar refractivity (Wildman–Crippen MR) is 140 cm³/mol. The van der Waals surface area contributed by atoms with Crippen molar-refractivity contribution >= 4 is 33.9 Å². The van der Waals surface area contributed by atoms with Crippen LogP contribution in [-0.4, -0.2) is 60.8 Å². The number of hydrogen-bond acceptors (Lipinski definition) is 7. The molecule has 0 radical (unpaired) electrons. The van der Waals surface area contributed by atoms with E-state index in [1.54, 1.807) is 20.8 Å². The van der Waals surface area contributed by atoms with E-state index in [2.05, 4.69) is 10.0 Å². The Balaban J connectivity index is 0.00000178. The molecule has 40 heavy (non-hydrogen) atoms. The van der Waals surface area contributed by atoms with Gasteiger partial charge in [-0.3, -0.25) is 4.79 Å². The number of ether oxygens (including phenoxy) is 1. The minimum Gasteiger partial charge on any atom is -0.444 e. The van der Waals surface area contributed by atoms with Crippen molar-refractivity contribution in [3.05, 3.63) is 47.3 Å². The molecule has 0 spiro atoms. The van der Waals surface area contributed by atoms with E-state index in [0.29, 0.717) is 19.4 Å². The lowest BCUT2D eigenvalue weighted by atomic mass is 9.90. The van der Waals surface area contributed by atoms with E-state index in [-0.39, 0.29) is 29.9 Å². The minimum atomic E-state index is -4.39. The number of halogens is 2. The predicted octanol–water partition coefficient (Wildman–Crippen LogP) is 3.59. The number of amides is 2. The number of hydrogen-bond donors (Lipinski definition) is 2. The van der Waals surface area contributed by atoms with Crippen LogP contribution in [0.2, 0.25) is 0 Å². The number of rotatable bonds is 6. The summed E-state index contributed by atoms with van der Waals surface area (Å²) in [5.74, 6) is -2.63. The molecule has 0 bridgehead atoms. The molecule has 1 aliphatic rings. The molecule has 2 unspecified atom stereocenters. The molecule has 1 aromatic carbocycles. The highest BCUT2D eigenvalue weighted by atomic mass is 32.2. The Hall–Kier alpha value is -3.61. The van der Waals surface area contributed by atoms with Crippen LogP contribution in [0.15, 0.2) is 29.3 Å². The van der Waals surface area contributed by atoms with Gasteiger partial charge in [0, 0.05) is 38.1 Å². The Morgan fingerprint density at radius 2 is 1.82 bits per heavy atom. The summed E-state index contributed by atoms with van der Waals surface area (Å²) in [4.78, 5) is 42.3. The van der Waals surface area contributed by atoms with Gasteiger partial charge in [0.05, 0.1) is 0 Å². The summed E-state index contributed by atoms with van der Waals surface area (Å²) >= 11 is 0. The van der Waals surface area contributed by atoms with Gasteiger partial charge in [-0.15, -0.1) is 0 Å². The van der Waals surface area contributed by atoms with Gasteiger partial charge in [0.2, 0.25) is 10.0 Å². The lowest BCUT2D eigenvalue weighted by Crippen LogP contribution is -2.54. The fraction of sp³-hybridized carbons (Fsp3) is 0.500. The zero-order valence-corrected chi connectivity index (χ0v) is 24.0. The molecule has 0 saturated carbocycles. The zero-order valence-electron chi connectivity index (χ0n) is 23.2. The molecule has 1 aromatic heterocycles. The molecule has 14 heteroatoms. The maximum Gasteiger partial charge on any atom is 0.410 e. The summed E-state index contributed by atoms with van der Waals surface area (Å²) in [5, 5.41) is 2.47. The summed E-state index contributed by atoms with van der Waals surface area (Å²) in [6, 6.07) is 3.21. The fourth-order valence-electron chi connectivity index (χ4n) is 4.31. The van der Waals surface area contributed by atoms with Crippen LogP contribution in [0.5, 0.6) is 0 Å². The van der Waals surface area contributed by atoms with Gasteiger partial charge < -0.3 is 19.5 Å². The Morgan fingerprint density at radius 1 is 1.20 bits per heavy atom. The number of likely N-dealkylation sites (tertiary alicyclic amines) is 1. The van der Waals surface area contributed by atoms with E-state index < -0.39 is 55.9 Å². The van der Waals surface area contributed by atoms with Gasteiger partial charge in [0.1, 0.15) is 22.0 Å². The van der Waals surface area contributed by atoms with Gasteiger partial charge in [-0.1, -0.05) is 13.3 Å². The van der Waals surface area contributed by atoms with E-state index >= 15 is 4.39 Å². The first kappa shape index (κ1) is 32.6. The molecule has 220 valence electrons. The molecule has 1 fully saturated rings. The Kier molecular flexibility index (Phi) is 10.7. The Bertz CT molecular complexity index is 1380. The molecule has 2 atom stereocenters. The molecule has 11 nitrogen and oxygen atoms in total. The Labute approximate surface area is 231 Å². The largest absolute Gasteiger partial charge is 0.444 e. The highest BCUT2D eigenvalue weighted by Crippen LogP contribution is 2.27. The third kappa shape index (κ3) is 8.20. The van der Waals surface area contributed by atoms with E-state index in [4.69, 9.17) is 14.3 Å². The highest BCUT2D eigenvalue weighted by molar-refractivity contribution is 7.89. The number of nitrogens with one attached hydrogen (secondary N) is 2. The number of anilines is 1. The van der Waals surface area contributed by atoms with Crippen LogP contribution < -0.4 is 10.0 Å². The van der Waals surface area contributed by atoms with Crippen LogP contribution in [0.4, 0.5) is 19.3 Å². The maximum atomic E-state index is 15.4. The van der Waals surface area contributed by atoms with Gasteiger partial charge >= 0.3 is 12.2 Å². The molecule has 2 aromatic rings. The third-order valence-electron chi connectivity index (χ3n) is 6.25. The summed E-state index contributed by atoms with van der Waals surface area (Å²) in [5.41, 5.74) is -0.670. The SMILES string of the molecule is CCC1CCN(C(=O)OC(C)(C)C)CC1NS(=O)(=O)c1cn(C)c(C(=O)Nc2ccc(F)c(C)c2)c1F.O=C=O. The lowest BCUT2D eigenvalue weighted by molar-refractivity contribution is -0.191. The molecule has 2 heterocycles. The van der Waals surface area contributed by atoms with Crippen LogP contribution in [0, 0.1) is 24.5 Å². The lowest BCUT2D eigenvalue weighted by Gasteiger charge is -2.38. The standard InChI is InChI=1S/C25H34F2N4O5S.CO2/c1-7-16-10-11-31(24(33)36-25(3,4)5)13-19(16)29-37(34,35)20-14-30(6)22(21(20)27)23(32)28-17-8-9-18(26)15(2)12-17;2-1-3/h8-9,12,14,16,19,29H,7,10-11,13H2,1-6H3,(H,28,32);. The van der Waals surface area contributed by atoms with Gasteiger partial charge in [-0.2, -0.15) is 9.59 Å². The molecular weight excluding hydrogens is 550 g/mol. The number of carbonyl (C=O) groups excluding carboxylic acids is 4. The number of aryl methyl sites for hydroxylation is 2. The summed E-state index contributed by atoms with van der Waals surface area (Å²) < 4.78 is 64.4. The van der Waals surface area contributed by atoms with Gasteiger partial charge in [0.15, 0.2) is 5.82 Å².